The van der Waals surface area contributed by atoms with Gasteiger partial charge in [0.1, 0.15) is 11.9 Å². The highest BCUT2D eigenvalue weighted by Crippen LogP contribution is 2.31. The molecular weight excluding hydrogens is 314 g/mol. The third-order valence-electron chi connectivity index (χ3n) is 4.70. The average molecular weight is 338 g/mol. The Balaban J connectivity index is 1.52. The largest absolute Gasteiger partial charge is 0.488 e. The maximum atomic E-state index is 6.09. The van der Waals surface area contributed by atoms with Gasteiger partial charge in [-0.25, -0.2) is 0 Å². The van der Waals surface area contributed by atoms with Crippen molar-refractivity contribution >= 4 is 15.9 Å². The van der Waals surface area contributed by atoms with Crippen LogP contribution in [0.25, 0.3) is 0 Å². The number of rotatable bonds is 3. The van der Waals surface area contributed by atoms with Gasteiger partial charge in [-0.15, -0.1) is 0 Å². The summed E-state index contributed by atoms with van der Waals surface area (Å²) in [5.74, 6) is 1.94. The van der Waals surface area contributed by atoms with Crippen molar-refractivity contribution in [1.29, 1.82) is 0 Å². The summed E-state index contributed by atoms with van der Waals surface area (Å²) < 4.78 is 6.09. The minimum Gasteiger partial charge on any atom is -0.488 e. The first-order valence-corrected chi connectivity index (χ1v) is 8.66. The molecular formula is C17H24BrNO. The molecule has 0 aliphatic carbocycles. The second kappa shape index (κ2) is 6.07. The van der Waals surface area contributed by atoms with Crippen molar-refractivity contribution in [2.45, 2.75) is 44.0 Å². The summed E-state index contributed by atoms with van der Waals surface area (Å²) in [6.45, 7) is 7.95. The maximum absolute atomic E-state index is 6.09. The molecule has 1 saturated heterocycles. The number of fused-ring (bicyclic) bond motifs is 1. The van der Waals surface area contributed by atoms with Crippen LogP contribution in [0.3, 0.4) is 0 Å². The first-order chi connectivity index (χ1) is 9.61. The van der Waals surface area contributed by atoms with Gasteiger partial charge in [0.2, 0.25) is 0 Å². The van der Waals surface area contributed by atoms with Gasteiger partial charge in [-0.2, -0.15) is 0 Å². The first-order valence-electron chi connectivity index (χ1n) is 7.74. The number of likely N-dealkylation sites (tertiary alicyclic amines) is 1. The number of halogens is 1. The van der Waals surface area contributed by atoms with E-state index in [1.807, 2.05) is 0 Å². The Bertz CT molecular complexity index is 466. The number of hydrogen-bond donors (Lipinski definition) is 0. The van der Waals surface area contributed by atoms with E-state index in [1.54, 1.807) is 0 Å². The molecule has 20 heavy (non-hydrogen) atoms. The summed E-state index contributed by atoms with van der Waals surface area (Å²) in [4.78, 5) is 3.23. The van der Waals surface area contributed by atoms with Gasteiger partial charge in [-0.05, 0) is 50.4 Å². The third-order valence-corrected chi connectivity index (χ3v) is 5.45. The minimum absolute atomic E-state index is 0.352. The number of benzene rings is 1. The quantitative estimate of drug-likeness (QED) is 0.778. The lowest BCUT2D eigenvalue weighted by atomic mass is 9.94. The van der Waals surface area contributed by atoms with E-state index in [-0.39, 0.29) is 0 Å². The van der Waals surface area contributed by atoms with Crippen LogP contribution >= 0.6 is 15.9 Å². The lowest BCUT2D eigenvalue weighted by Crippen LogP contribution is -2.41. The molecule has 1 aromatic carbocycles. The van der Waals surface area contributed by atoms with Gasteiger partial charge in [-0.3, -0.25) is 4.90 Å². The highest BCUT2D eigenvalue weighted by Gasteiger charge is 2.28. The average Bonchev–Trinajstić information content (AvgIpc) is 2.80. The van der Waals surface area contributed by atoms with Crippen molar-refractivity contribution < 1.29 is 4.74 Å². The van der Waals surface area contributed by atoms with Crippen LogP contribution in [0.1, 0.15) is 30.9 Å². The van der Waals surface area contributed by atoms with Crippen molar-refractivity contribution in [3.05, 3.63) is 29.3 Å². The van der Waals surface area contributed by atoms with E-state index < -0.39 is 0 Å². The van der Waals surface area contributed by atoms with Crippen LogP contribution in [0.2, 0.25) is 0 Å². The zero-order valence-electron chi connectivity index (χ0n) is 12.4. The van der Waals surface area contributed by atoms with Gasteiger partial charge in [0.25, 0.3) is 0 Å². The lowest BCUT2D eigenvalue weighted by Gasteiger charge is -2.34. The van der Waals surface area contributed by atoms with Gasteiger partial charge in [-0.1, -0.05) is 40.5 Å². The summed E-state index contributed by atoms with van der Waals surface area (Å²) >= 11 is 3.73. The van der Waals surface area contributed by atoms with E-state index in [9.17, 15) is 0 Å². The van der Waals surface area contributed by atoms with Gasteiger partial charge in [0.05, 0.1) is 0 Å². The summed E-state index contributed by atoms with van der Waals surface area (Å²) in [5.41, 5.74) is 2.72. The highest BCUT2D eigenvalue weighted by molar-refractivity contribution is 9.09. The summed E-state index contributed by atoms with van der Waals surface area (Å²) in [5, 5.41) is 0. The zero-order chi connectivity index (χ0) is 14.1. The lowest BCUT2D eigenvalue weighted by molar-refractivity contribution is 0.117. The Morgan fingerprint density at radius 2 is 2.10 bits per heavy atom. The molecule has 0 N–H and O–H groups in total. The van der Waals surface area contributed by atoms with Crippen LogP contribution in [-0.4, -0.2) is 35.5 Å². The summed E-state index contributed by atoms with van der Waals surface area (Å²) in [6, 6.07) is 6.54. The normalized spacial score (nSPS) is 25.2. The number of piperidine rings is 1. The Labute approximate surface area is 130 Å². The molecule has 110 valence electrons. The fraction of sp³-hybridized carbons (Fsp3) is 0.647. The second-order valence-electron chi connectivity index (χ2n) is 6.37. The highest BCUT2D eigenvalue weighted by atomic mass is 79.9. The fourth-order valence-corrected chi connectivity index (χ4v) is 3.96. The first kappa shape index (κ1) is 14.4. The monoisotopic (exact) mass is 337 g/mol. The summed E-state index contributed by atoms with van der Waals surface area (Å²) in [6.07, 6.45) is 4.05. The molecule has 1 fully saturated rings. The van der Waals surface area contributed by atoms with Gasteiger partial charge >= 0.3 is 0 Å². The molecule has 0 bridgehead atoms. The zero-order valence-corrected chi connectivity index (χ0v) is 14.0. The molecule has 3 rings (SSSR count). The molecule has 0 saturated carbocycles. The van der Waals surface area contributed by atoms with Crippen LogP contribution in [0.15, 0.2) is 18.2 Å². The number of aryl methyl sites for hydroxylation is 1. The number of alkyl halides is 1. The molecule has 2 aliphatic heterocycles. The van der Waals surface area contributed by atoms with Crippen molar-refractivity contribution in [1.82, 2.24) is 4.90 Å². The van der Waals surface area contributed by atoms with Crippen LogP contribution in [0.5, 0.6) is 5.75 Å². The maximum Gasteiger partial charge on any atom is 0.123 e. The second-order valence-corrected chi connectivity index (χ2v) is 7.82. The van der Waals surface area contributed by atoms with E-state index in [1.165, 1.54) is 37.1 Å². The SMILES string of the molecule is Cc1ccc2c(c1)CC(CN1CCC(C(C)Br)CC1)O2. The predicted molar refractivity (Wildman–Crippen MR) is 86.9 cm³/mol. The standard InChI is InChI=1S/C17H24BrNO/c1-12-3-4-17-15(9-12)10-16(20-17)11-19-7-5-14(6-8-19)13(2)18/h3-4,9,13-14,16H,5-8,10-11H2,1-2H3. The van der Waals surface area contributed by atoms with Crippen molar-refractivity contribution in [2.75, 3.05) is 19.6 Å². The molecule has 0 aromatic heterocycles. The Kier molecular flexibility index (Phi) is 4.37. The molecule has 3 heteroatoms. The van der Waals surface area contributed by atoms with Crippen molar-refractivity contribution in [3.63, 3.8) is 0 Å². The van der Waals surface area contributed by atoms with Crippen LogP contribution in [-0.2, 0) is 6.42 Å². The molecule has 2 atom stereocenters. The Morgan fingerprint density at radius 3 is 2.80 bits per heavy atom. The number of hydrogen-bond acceptors (Lipinski definition) is 2. The number of nitrogens with zero attached hydrogens (tertiary/aromatic N) is 1. The van der Waals surface area contributed by atoms with Crippen molar-refractivity contribution in [2.24, 2.45) is 5.92 Å². The van der Waals surface area contributed by atoms with Crippen molar-refractivity contribution in [3.8, 4) is 5.75 Å². The smallest absolute Gasteiger partial charge is 0.123 e. The van der Waals surface area contributed by atoms with E-state index in [0.717, 1.165) is 24.6 Å². The van der Waals surface area contributed by atoms with E-state index >= 15 is 0 Å². The molecule has 2 heterocycles. The molecule has 2 nitrogen and oxygen atoms in total. The van der Waals surface area contributed by atoms with Crippen LogP contribution < -0.4 is 4.74 Å². The minimum atomic E-state index is 0.352. The molecule has 0 radical (unpaired) electrons. The van der Waals surface area contributed by atoms with E-state index in [0.29, 0.717) is 10.9 Å². The van der Waals surface area contributed by atoms with Gasteiger partial charge in [0.15, 0.2) is 0 Å². The third kappa shape index (κ3) is 3.20. The van der Waals surface area contributed by atoms with Gasteiger partial charge in [0, 0.05) is 17.8 Å². The van der Waals surface area contributed by atoms with Gasteiger partial charge < -0.3 is 4.74 Å². The summed E-state index contributed by atoms with van der Waals surface area (Å²) in [7, 11) is 0. The van der Waals surface area contributed by atoms with Crippen LogP contribution in [0, 0.1) is 12.8 Å². The van der Waals surface area contributed by atoms with E-state index in [2.05, 4.69) is 52.9 Å². The topological polar surface area (TPSA) is 12.5 Å². The Hall–Kier alpha value is -0.540. The number of ether oxygens (including phenoxy) is 1. The molecule has 2 unspecified atom stereocenters. The van der Waals surface area contributed by atoms with E-state index in [4.69, 9.17) is 4.74 Å². The Morgan fingerprint density at radius 1 is 1.35 bits per heavy atom. The van der Waals surface area contributed by atoms with Crippen LogP contribution in [0.4, 0.5) is 0 Å². The molecule has 1 aromatic rings. The fourth-order valence-electron chi connectivity index (χ4n) is 3.43. The molecule has 2 aliphatic rings. The molecule has 0 amide bonds. The molecule has 0 spiro atoms. The predicted octanol–water partition coefficient (Wildman–Crippen LogP) is 3.79.